The monoisotopic (exact) mass is 248 g/mol. The molecule has 0 spiro atoms. The fourth-order valence-electron chi connectivity index (χ4n) is 1.49. The van der Waals surface area contributed by atoms with Crippen molar-refractivity contribution in [3.63, 3.8) is 0 Å². The third-order valence-corrected chi connectivity index (χ3v) is 2.58. The highest BCUT2D eigenvalue weighted by Crippen LogP contribution is 2.19. The lowest BCUT2D eigenvalue weighted by molar-refractivity contribution is 0.0951. The molecule has 0 bridgehead atoms. The standard InChI is InChI=1S/C13H16N2O3/c1-2-18-13(17)15-11-5-3-9(4-6-11)12(16)14-10-7-8-10/h3-6,10H,2,7-8H2,1H3,(H,14,16)(H,15,17). The van der Waals surface area contributed by atoms with Gasteiger partial charge in [0, 0.05) is 17.3 Å². The highest BCUT2D eigenvalue weighted by Gasteiger charge is 2.23. The van der Waals surface area contributed by atoms with Gasteiger partial charge in [-0.15, -0.1) is 0 Å². The van der Waals surface area contributed by atoms with E-state index in [1.807, 2.05) is 0 Å². The normalized spacial score (nSPS) is 13.8. The lowest BCUT2D eigenvalue weighted by Gasteiger charge is -2.06. The Hall–Kier alpha value is -2.04. The molecule has 1 saturated carbocycles. The zero-order chi connectivity index (χ0) is 13.0. The van der Waals surface area contributed by atoms with Crippen LogP contribution in [-0.2, 0) is 4.74 Å². The molecule has 0 aliphatic heterocycles. The lowest BCUT2D eigenvalue weighted by atomic mass is 10.2. The molecular formula is C13H16N2O3. The van der Waals surface area contributed by atoms with E-state index in [-0.39, 0.29) is 5.91 Å². The summed E-state index contributed by atoms with van der Waals surface area (Å²) in [5.74, 6) is -0.0693. The Morgan fingerprint density at radius 2 is 1.94 bits per heavy atom. The molecule has 5 heteroatoms. The number of carbonyl (C=O) groups excluding carboxylic acids is 2. The van der Waals surface area contributed by atoms with Gasteiger partial charge in [0.2, 0.25) is 0 Å². The van der Waals surface area contributed by atoms with Crippen molar-refractivity contribution < 1.29 is 14.3 Å². The molecule has 0 saturated heterocycles. The summed E-state index contributed by atoms with van der Waals surface area (Å²) >= 11 is 0. The van der Waals surface area contributed by atoms with Gasteiger partial charge in [0.05, 0.1) is 6.61 Å². The number of hydrogen-bond acceptors (Lipinski definition) is 3. The van der Waals surface area contributed by atoms with Crippen LogP contribution in [0.4, 0.5) is 10.5 Å². The molecular weight excluding hydrogens is 232 g/mol. The first-order valence-electron chi connectivity index (χ1n) is 6.03. The maximum atomic E-state index is 11.7. The van der Waals surface area contributed by atoms with Gasteiger partial charge in [-0.2, -0.15) is 0 Å². The van der Waals surface area contributed by atoms with Crippen LogP contribution in [0.2, 0.25) is 0 Å². The largest absolute Gasteiger partial charge is 0.450 e. The Kier molecular flexibility index (Phi) is 3.82. The van der Waals surface area contributed by atoms with Gasteiger partial charge < -0.3 is 10.1 Å². The molecule has 0 heterocycles. The number of nitrogens with one attached hydrogen (secondary N) is 2. The van der Waals surface area contributed by atoms with Crippen molar-refractivity contribution in [2.45, 2.75) is 25.8 Å². The minimum atomic E-state index is -0.493. The van der Waals surface area contributed by atoms with Crippen molar-refractivity contribution in [1.29, 1.82) is 0 Å². The van der Waals surface area contributed by atoms with Gasteiger partial charge in [-0.05, 0) is 44.0 Å². The maximum absolute atomic E-state index is 11.7. The first-order valence-corrected chi connectivity index (χ1v) is 6.03. The van der Waals surface area contributed by atoms with E-state index in [2.05, 4.69) is 10.6 Å². The molecule has 96 valence electrons. The topological polar surface area (TPSA) is 67.4 Å². The summed E-state index contributed by atoms with van der Waals surface area (Å²) in [6, 6.07) is 7.06. The molecule has 0 radical (unpaired) electrons. The van der Waals surface area contributed by atoms with Gasteiger partial charge in [0.1, 0.15) is 0 Å². The highest BCUT2D eigenvalue weighted by molar-refractivity contribution is 5.95. The Morgan fingerprint density at radius 1 is 1.28 bits per heavy atom. The van der Waals surface area contributed by atoms with Gasteiger partial charge in [0.25, 0.3) is 5.91 Å². The predicted octanol–water partition coefficient (Wildman–Crippen LogP) is 2.15. The minimum Gasteiger partial charge on any atom is -0.450 e. The SMILES string of the molecule is CCOC(=O)Nc1ccc(C(=O)NC2CC2)cc1. The van der Waals surface area contributed by atoms with Crippen molar-refractivity contribution in [3.8, 4) is 0 Å². The van der Waals surface area contributed by atoms with Gasteiger partial charge in [-0.25, -0.2) is 4.79 Å². The summed E-state index contributed by atoms with van der Waals surface area (Å²) in [7, 11) is 0. The quantitative estimate of drug-likeness (QED) is 0.857. The zero-order valence-corrected chi connectivity index (χ0v) is 10.2. The van der Waals surface area contributed by atoms with E-state index in [9.17, 15) is 9.59 Å². The fourth-order valence-corrected chi connectivity index (χ4v) is 1.49. The van der Waals surface area contributed by atoms with Crippen LogP contribution in [0, 0.1) is 0 Å². The van der Waals surface area contributed by atoms with E-state index in [4.69, 9.17) is 4.74 Å². The molecule has 0 atom stereocenters. The van der Waals surface area contributed by atoms with Crippen LogP contribution in [0.3, 0.4) is 0 Å². The third kappa shape index (κ3) is 3.48. The summed E-state index contributed by atoms with van der Waals surface area (Å²) in [4.78, 5) is 22.9. The van der Waals surface area contributed by atoms with Crippen molar-refractivity contribution in [1.82, 2.24) is 5.32 Å². The molecule has 18 heavy (non-hydrogen) atoms. The van der Waals surface area contributed by atoms with E-state index >= 15 is 0 Å². The molecule has 0 aromatic heterocycles. The van der Waals surface area contributed by atoms with Gasteiger partial charge >= 0.3 is 6.09 Å². The number of hydrogen-bond donors (Lipinski definition) is 2. The van der Waals surface area contributed by atoms with Crippen molar-refractivity contribution >= 4 is 17.7 Å². The minimum absolute atomic E-state index is 0.0693. The van der Waals surface area contributed by atoms with Crippen LogP contribution in [0.1, 0.15) is 30.1 Å². The highest BCUT2D eigenvalue weighted by atomic mass is 16.5. The van der Waals surface area contributed by atoms with Crippen LogP contribution in [0.25, 0.3) is 0 Å². The smallest absolute Gasteiger partial charge is 0.411 e. The summed E-state index contributed by atoms with van der Waals surface area (Å²) in [5.41, 5.74) is 1.20. The molecule has 0 unspecified atom stereocenters. The predicted molar refractivity (Wildman–Crippen MR) is 67.6 cm³/mol. The maximum Gasteiger partial charge on any atom is 0.411 e. The molecule has 1 fully saturated rings. The van der Waals surface area contributed by atoms with E-state index in [1.54, 1.807) is 31.2 Å². The fraction of sp³-hybridized carbons (Fsp3) is 0.385. The Bertz CT molecular complexity index is 438. The number of benzene rings is 1. The van der Waals surface area contributed by atoms with E-state index in [1.165, 1.54) is 0 Å². The van der Waals surface area contributed by atoms with E-state index in [0.29, 0.717) is 23.9 Å². The summed E-state index contributed by atoms with van der Waals surface area (Å²) < 4.78 is 4.76. The van der Waals surface area contributed by atoms with Crippen LogP contribution >= 0.6 is 0 Å². The van der Waals surface area contributed by atoms with Gasteiger partial charge in [0.15, 0.2) is 0 Å². The average Bonchev–Trinajstić information content (AvgIpc) is 3.14. The van der Waals surface area contributed by atoms with Crippen LogP contribution in [-0.4, -0.2) is 24.6 Å². The number of rotatable bonds is 4. The lowest BCUT2D eigenvalue weighted by Crippen LogP contribution is -2.25. The molecule has 2 N–H and O–H groups in total. The molecule has 1 aromatic carbocycles. The Balaban J connectivity index is 1.91. The molecule has 1 aliphatic rings. The molecule has 5 nitrogen and oxygen atoms in total. The number of anilines is 1. The van der Waals surface area contributed by atoms with Gasteiger partial charge in [-0.3, -0.25) is 10.1 Å². The van der Waals surface area contributed by atoms with E-state index < -0.39 is 6.09 Å². The van der Waals surface area contributed by atoms with Crippen molar-refractivity contribution in [2.75, 3.05) is 11.9 Å². The molecule has 2 amide bonds. The number of amides is 2. The second-order valence-corrected chi connectivity index (χ2v) is 4.17. The van der Waals surface area contributed by atoms with Crippen LogP contribution in [0.15, 0.2) is 24.3 Å². The van der Waals surface area contributed by atoms with E-state index in [0.717, 1.165) is 12.8 Å². The first-order chi connectivity index (χ1) is 8.69. The Labute approximate surface area is 106 Å². The average molecular weight is 248 g/mol. The zero-order valence-electron chi connectivity index (χ0n) is 10.2. The summed E-state index contributed by atoms with van der Waals surface area (Å²) in [6.07, 6.45) is 1.63. The van der Waals surface area contributed by atoms with Crippen molar-refractivity contribution in [2.24, 2.45) is 0 Å². The second-order valence-electron chi connectivity index (χ2n) is 4.17. The molecule has 2 rings (SSSR count). The van der Waals surface area contributed by atoms with Crippen molar-refractivity contribution in [3.05, 3.63) is 29.8 Å². The van der Waals surface area contributed by atoms with Crippen LogP contribution in [0.5, 0.6) is 0 Å². The molecule has 1 aliphatic carbocycles. The Morgan fingerprint density at radius 3 is 2.50 bits per heavy atom. The van der Waals surface area contributed by atoms with Gasteiger partial charge in [-0.1, -0.05) is 0 Å². The summed E-state index contributed by atoms with van der Waals surface area (Å²) in [6.45, 7) is 2.07. The number of carbonyl (C=O) groups is 2. The van der Waals surface area contributed by atoms with Crippen LogP contribution < -0.4 is 10.6 Å². The summed E-state index contributed by atoms with van der Waals surface area (Å²) in [5, 5.41) is 5.47. The number of ether oxygens (including phenoxy) is 1. The first kappa shape index (κ1) is 12.4. The second kappa shape index (κ2) is 5.53. The third-order valence-electron chi connectivity index (χ3n) is 2.58. The molecule has 1 aromatic rings.